The van der Waals surface area contributed by atoms with E-state index in [0.29, 0.717) is 18.4 Å². The van der Waals surface area contributed by atoms with Crippen LogP contribution in [0, 0.1) is 0 Å². The third-order valence-corrected chi connectivity index (χ3v) is 3.47. The molecule has 2 aromatic rings. The van der Waals surface area contributed by atoms with Crippen LogP contribution >= 0.6 is 0 Å². The molecule has 1 aromatic carbocycles. The van der Waals surface area contributed by atoms with Crippen molar-refractivity contribution in [1.29, 1.82) is 0 Å². The van der Waals surface area contributed by atoms with E-state index in [0.717, 1.165) is 37.2 Å². The predicted octanol–water partition coefficient (Wildman–Crippen LogP) is 2.14. The normalized spacial score (nSPS) is 16.9. The summed E-state index contributed by atoms with van der Waals surface area (Å²) in [5.74, 6) is 2.36. The molecular formula is C15H19N3O2. The molecule has 1 aromatic heterocycles. The number of ether oxygens (including phenoxy) is 1. The SMILES string of the molecule is CCNCCCc1nnc(C2COc3ccccc32)o1. The lowest BCUT2D eigenvalue weighted by Crippen LogP contribution is -2.14. The lowest BCUT2D eigenvalue weighted by atomic mass is 10.0. The van der Waals surface area contributed by atoms with Crippen LogP contribution < -0.4 is 10.1 Å². The Balaban J connectivity index is 1.66. The number of aromatic nitrogens is 2. The van der Waals surface area contributed by atoms with Gasteiger partial charge in [0, 0.05) is 12.0 Å². The van der Waals surface area contributed by atoms with Crippen LogP contribution in [0.3, 0.4) is 0 Å². The van der Waals surface area contributed by atoms with E-state index in [4.69, 9.17) is 9.15 Å². The molecule has 5 nitrogen and oxygen atoms in total. The number of hydrogen-bond acceptors (Lipinski definition) is 5. The van der Waals surface area contributed by atoms with E-state index in [1.165, 1.54) is 0 Å². The van der Waals surface area contributed by atoms with Crippen molar-refractivity contribution < 1.29 is 9.15 Å². The number of nitrogens with one attached hydrogen (secondary N) is 1. The molecule has 0 amide bonds. The first-order valence-electron chi connectivity index (χ1n) is 7.13. The Morgan fingerprint density at radius 2 is 2.20 bits per heavy atom. The minimum atomic E-state index is 0.0706. The van der Waals surface area contributed by atoms with E-state index in [1.807, 2.05) is 18.2 Å². The molecule has 3 rings (SSSR count). The Labute approximate surface area is 118 Å². The second-order valence-corrected chi connectivity index (χ2v) is 4.89. The summed E-state index contributed by atoms with van der Waals surface area (Å²) in [6.45, 7) is 4.65. The smallest absolute Gasteiger partial charge is 0.227 e. The minimum absolute atomic E-state index is 0.0706. The van der Waals surface area contributed by atoms with Gasteiger partial charge in [-0.05, 0) is 25.6 Å². The highest BCUT2D eigenvalue weighted by molar-refractivity contribution is 5.42. The topological polar surface area (TPSA) is 60.2 Å². The number of nitrogens with zero attached hydrogens (tertiary/aromatic N) is 2. The van der Waals surface area contributed by atoms with E-state index < -0.39 is 0 Å². The average Bonchev–Trinajstić information content (AvgIpc) is 3.10. The molecule has 0 saturated heterocycles. The molecule has 0 radical (unpaired) electrons. The van der Waals surface area contributed by atoms with Crippen LogP contribution in [0.4, 0.5) is 0 Å². The highest BCUT2D eigenvalue weighted by Crippen LogP contribution is 2.37. The first-order chi connectivity index (χ1) is 9.88. The Bertz CT molecular complexity index is 568. The number of fused-ring (bicyclic) bond motifs is 1. The van der Waals surface area contributed by atoms with Crippen LogP contribution in [-0.4, -0.2) is 29.9 Å². The lowest BCUT2D eigenvalue weighted by molar-refractivity contribution is 0.320. The van der Waals surface area contributed by atoms with Crippen molar-refractivity contribution in [3.63, 3.8) is 0 Å². The van der Waals surface area contributed by atoms with Gasteiger partial charge in [0.05, 0.1) is 5.92 Å². The van der Waals surface area contributed by atoms with Crippen LogP contribution in [0.2, 0.25) is 0 Å². The third kappa shape index (κ3) is 2.67. The first kappa shape index (κ1) is 13.1. The molecule has 1 N–H and O–H groups in total. The molecular weight excluding hydrogens is 254 g/mol. The Morgan fingerprint density at radius 3 is 3.10 bits per heavy atom. The maximum atomic E-state index is 5.77. The fraction of sp³-hybridized carbons (Fsp3) is 0.467. The zero-order chi connectivity index (χ0) is 13.8. The van der Waals surface area contributed by atoms with Gasteiger partial charge in [-0.15, -0.1) is 10.2 Å². The van der Waals surface area contributed by atoms with Crippen molar-refractivity contribution in [2.75, 3.05) is 19.7 Å². The summed E-state index contributed by atoms with van der Waals surface area (Å²) in [6, 6.07) is 8.01. The van der Waals surface area contributed by atoms with Gasteiger partial charge >= 0.3 is 0 Å². The van der Waals surface area contributed by atoms with Gasteiger partial charge in [0.2, 0.25) is 11.8 Å². The van der Waals surface area contributed by atoms with E-state index in [-0.39, 0.29) is 5.92 Å². The van der Waals surface area contributed by atoms with E-state index in [1.54, 1.807) is 0 Å². The molecule has 0 spiro atoms. The monoisotopic (exact) mass is 273 g/mol. The van der Waals surface area contributed by atoms with Crippen molar-refractivity contribution in [1.82, 2.24) is 15.5 Å². The van der Waals surface area contributed by atoms with Crippen molar-refractivity contribution >= 4 is 0 Å². The van der Waals surface area contributed by atoms with Crippen LogP contribution in [0.15, 0.2) is 28.7 Å². The molecule has 1 aliphatic heterocycles. The molecule has 1 unspecified atom stereocenters. The predicted molar refractivity (Wildman–Crippen MR) is 74.9 cm³/mol. The summed E-state index contributed by atoms with van der Waals surface area (Å²) >= 11 is 0. The van der Waals surface area contributed by atoms with Crippen LogP contribution in [-0.2, 0) is 6.42 Å². The molecule has 1 atom stereocenters. The summed E-state index contributed by atoms with van der Waals surface area (Å²) in [5.41, 5.74) is 1.13. The maximum absolute atomic E-state index is 5.77. The second kappa shape index (κ2) is 6.05. The molecule has 20 heavy (non-hydrogen) atoms. The summed E-state index contributed by atoms with van der Waals surface area (Å²) in [5, 5.41) is 11.6. The van der Waals surface area contributed by atoms with Crippen molar-refractivity contribution in [2.45, 2.75) is 25.7 Å². The zero-order valence-corrected chi connectivity index (χ0v) is 11.6. The molecule has 0 aliphatic carbocycles. The van der Waals surface area contributed by atoms with Crippen LogP contribution in [0.1, 0.15) is 36.6 Å². The number of hydrogen-bond donors (Lipinski definition) is 1. The number of para-hydroxylation sites is 1. The number of benzene rings is 1. The number of rotatable bonds is 6. The molecule has 1 aliphatic rings. The lowest BCUT2D eigenvalue weighted by Gasteiger charge is -2.02. The van der Waals surface area contributed by atoms with E-state index >= 15 is 0 Å². The fourth-order valence-corrected chi connectivity index (χ4v) is 2.42. The first-order valence-corrected chi connectivity index (χ1v) is 7.13. The van der Waals surface area contributed by atoms with Gasteiger partial charge in [-0.3, -0.25) is 0 Å². The Hall–Kier alpha value is -1.88. The quantitative estimate of drug-likeness (QED) is 0.817. The minimum Gasteiger partial charge on any atom is -0.492 e. The Morgan fingerprint density at radius 1 is 1.30 bits per heavy atom. The van der Waals surface area contributed by atoms with E-state index in [2.05, 4.69) is 28.5 Å². The van der Waals surface area contributed by atoms with Gasteiger partial charge in [-0.1, -0.05) is 25.1 Å². The summed E-state index contributed by atoms with van der Waals surface area (Å²) in [4.78, 5) is 0. The van der Waals surface area contributed by atoms with E-state index in [9.17, 15) is 0 Å². The third-order valence-electron chi connectivity index (χ3n) is 3.47. The Kier molecular flexibility index (Phi) is 3.97. The van der Waals surface area contributed by atoms with Gasteiger partial charge in [-0.25, -0.2) is 0 Å². The van der Waals surface area contributed by atoms with Crippen LogP contribution in [0.25, 0.3) is 0 Å². The number of aryl methyl sites for hydroxylation is 1. The molecule has 5 heteroatoms. The highest BCUT2D eigenvalue weighted by atomic mass is 16.5. The molecule has 106 valence electrons. The van der Waals surface area contributed by atoms with Crippen molar-refractivity contribution in [2.24, 2.45) is 0 Å². The molecule has 0 saturated carbocycles. The fourth-order valence-electron chi connectivity index (χ4n) is 2.42. The van der Waals surface area contributed by atoms with Gasteiger partial charge < -0.3 is 14.5 Å². The molecule has 0 fully saturated rings. The van der Waals surface area contributed by atoms with Gasteiger partial charge in [0.1, 0.15) is 12.4 Å². The summed E-state index contributed by atoms with van der Waals surface area (Å²) in [6.07, 6.45) is 1.82. The van der Waals surface area contributed by atoms with Crippen LogP contribution in [0.5, 0.6) is 5.75 Å². The average molecular weight is 273 g/mol. The van der Waals surface area contributed by atoms with Gasteiger partial charge in [-0.2, -0.15) is 0 Å². The van der Waals surface area contributed by atoms with Crippen molar-refractivity contribution in [3.05, 3.63) is 41.6 Å². The standard InChI is InChI=1S/C15H19N3O2/c1-2-16-9-5-8-14-17-18-15(20-14)12-10-19-13-7-4-3-6-11(12)13/h3-4,6-7,12,16H,2,5,8-10H2,1H3. The maximum Gasteiger partial charge on any atom is 0.227 e. The van der Waals surface area contributed by atoms with Crippen molar-refractivity contribution in [3.8, 4) is 5.75 Å². The highest BCUT2D eigenvalue weighted by Gasteiger charge is 2.29. The molecule has 2 heterocycles. The molecule has 0 bridgehead atoms. The summed E-state index contributed by atoms with van der Waals surface area (Å²) < 4.78 is 11.4. The van der Waals surface area contributed by atoms with Gasteiger partial charge in [0.25, 0.3) is 0 Å². The summed E-state index contributed by atoms with van der Waals surface area (Å²) in [7, 11) is 0. The zero-order valence-electron chi connectivity index (χ0n) is 11.6. The second-order valence-electron chi connectivity index (χ2n) is 4.89. The largest absolute Gasteiger partial charge is 0.492 e. The van der Waals surface area contributed by atoms with Gasteiger partial charge in [0.15, 0.2) is 0 Å².